The highest BCUT2D eigenvalue weighted by molar-refractivity contribution is 7.98. The highest BCUT2D eigenvalue weighted by Gasteiger charge is 2.09. The Bertz CT molecular complexity index is 431. The molecule has 0 amide bonds. The number of aromatic amines is 1. The number of H-pyrrole nitrogens is 1. The first-order valence-corrected chi connectivity index (χ1v) is 5.81. The largest absolute Gasteiger partial charge is 0.488 e. The van der Waals surface area contributed by atoms with E-state index in [1.165, 1.54) is 0 Å². The first kappa shape index (κ1) is 11.3. The number of aromatic nitrogens is 2. The number of hydrogen-bond donors (Lipinski definition) is 3. The second-order valence-electron chi connectivity index (χ2n) is 3.30. The zero-order valence-electron chi connectivity index (χ0n) is 8.50. The van der Waals surface area contributed by atoms with Gasteiger partial charge in [0, 0.05) is 18.1 Å². The molecule has 0 spiro atoms. The average molecular weight is 234 g/mol. The van der Waals surface area contributed by atoms with E-state index in [9.17, 15) is 0 Å². The summed E-state index contributed by atoms with van der Waals surface area (Å²) in [6.07, 6.45) is 3.50. The van der Waals surface area contributed by atoms with Gasteiger partial charge in [-0.2, -0.15) is 0 Å². The Morgan fingerprint density at radius 3 is 2.56 bits per heavy atom. The lowest BCUT2D eigenvalue weighted by Gasteiger charge is -2.02. The van der Waals surface area contributed by atoms with Crippen LogP contribution >= 0.6 is 11.8 Å². The molecule has 0 fully saturated rings. The minimum atomic E-state index is -1.40. The summed E-state index contributed by atoms with van der Waals surface area (Å²) < 4.78 is 0. The smallest absolute Gasteiger partial charge is 0.423 e. The lowest BCUT2D eigenvalue weighted by Crippen LogP contribution is -2.29. The van der Waals surface area contributed by atoms with Gasteiger partial charge in [-0.25, -0.2) is 4.98 Å². The maximum atomic E-state index is 8.93. The van der Waals surface area contributed by atoms with Crippen molar-refractivity contribution in [1.82, 2.24) is 9.97 Å². The lowest BCUT2D eigenvalue weighted by atomic mass is 9.80. The molecule has 4 nitrogen and oxygen atoms in total. The van der Waals surface area contributed by atoms with E-state index in [-0.39, 0.29) is 0 Å². The third-order valence-electron chi connectivity index (χ3n) is 2.13. The topological polar surface area (TPSA) is 69.1 Å². The summed E-state index contributed by atoms with van der Waals surface area (Å²) in [7, 11) is -1.40. The van der Waals surface area contributed by atoms with Gasteiger partial charge in [-0.3, -0.25) is 0 Å². The number of nitrogens with one attached hydrogen (secondary N) is 1. The summed E-state index contributed by atoms with van der Waals surface area (Å²) in [6, 6.07) is 7.18. The van der Waals surface area contributed by atoms with Crippen LogP contribution in [-0.2, 0) is 5.75 Å². The zero-order chi connectivity index (χ0) is 11.4. The van der Waals surface area contributed by atoms with Crippen molar-refractivity contribution in [1.29, 1.82) is 0 Å². The Kier molecular flexibility index (Phi) is 3.66. The molecule has 0 unspecified atom stereocenters. The molecule has 0 radical (unpaired) electrons. The summed E-state index contributed by atoms with van der Waals surface area (Å²) in [5.41, 5.74) is 1.62. The predicted molar refractivity (Wildman–Crippen MR) is 64.4 cm³/mol. The van der Waals surface area contributed by atoms with Crippen molar-refractivity contribution in [3.63, 3.8) is 0 Å². The van der Waals surface area contributed by atoms with Crippen LogP contribution in [0.3, 0.4) is 0 Å². The first-order chi connectivity index (χ1) is 7.75. The van der Waals surface area contributed by atoms with Gasteiger partial charge in [0.25, 0.3) is 0 Å². The fraction of sp³-hybridized carbons (Fsp3) is 0.100. The van der Waals surface area contributed by atoms with Gasteiger partial charge < -0.3 is 15.0 Å². The zero-order valence-corrected chi connectivity index (χ0v) is 9.31. The molecule has 0 aliphatic heterocycles. The van der Waals surface area contributed by atoms with E-state index in [0.717, 1.165) is 16.5 Å². The fourth-order valence-corrected chi connectivity index (χ4v) is 2.05. The van der Waals surface area contributed by atoms with Gasteiger partial charge in [0.15, 0.2) is 5.16 Å². The van der Waals surface area contributed by atoms with Crippen molar-refractivity contribution in [2.75, 3.05) is 0 Å². The Morgan fingerprint density at radius 1 is 1.25 bits per heavy atom. The van der Waals surface area contributed by atoms with Crippen LogP contribution in [-0.4, -0.2) is 27.1 Å². The normalized spacial score (nSPS) is 10.4. The molecule has 0 aliphatic carbocycles. The molecule has 6 heteroatoms. The van der Waals surface area contributed by atoms with E-state index < -0.39 is 7.12 Å². The van der Waals surface area contributed by atoms with Crippen molar-refractivity contribution in [3.8, 4) is 0 Å². The minimum absolute atomic E-state index is 0.506. The van der Waals surface area contributed by atoms with E-state index >= 15 is 0 Å². The van der Waals surface area contributed by atoms with Crippen LogP contribution in [0.25, 0.3) is 0 Å². The van der Waals surface area contributed by atoms with Gasteiger partial charge >= 0.3 is 7.12 Å². The fourth-order valence-electron chi connectivity index (χ4n) is 1.27. The summed E-state index contributed by atoms with van der Waals surface area (Å²) >= 11 is 1.60. The quantitative estimate of drug-likeness (QED) is 0.528. The van der Waals surface area contributed by atoms with Gasteiger partial charge in [0.1, 0.15) is 0 Å². The van der Waals surface area contributed by atoms with E-state index in [4.69, 9.17) is 10.0 Å². The Balaban J connectivity index is 1.95. The maximum Gasteiger partial charge on any atom is 0.488 e. The number of thioether (sulfide) groups is 1. The second-order valence-corrected chi connectivity index (χ2v) is 4.26. The van der Waals surface area contributed by atoms with Gasteiger partial charge in [-0.1, -0.05) is 36.0 Å². The van der Waals surface area contributed by atoms with Crippen LogP contribution < -0.4 is 5.46 Å². The van der Waals surface area contributed by atoms with Gasteiger partial charge in [-0.15, -0.1) is 0 Å². The molecule has 2 rings (SSSR count). The molecule has 0 saturated heterocycles. The van der Waals surface area contributed by atoms with Crippen molar-refractivity contribution in [2.45, 2.75) is 10.9 Å². The number of rotatable bonds is 4. The Labute approximate surface area is 97.9 Å². The van der Waals surface area contributed by atoms with Crippen molar-refractivity contribution >= 4 is 24.3 Å². The summed E-state index contributed by atoms with van der Waals surface area (Å²) in [4.78, 5) is 7.11. The van der Waals surface area contributed by atoms with Gasteiger partial charge in [0.2, 0.25) is 0 Å². The van der Waals surface area contributed by atoms with Crippen molar-refractivity contribution in [2.24, 2.45) is 0 Å². The maximum absolute atomic E-state index is 8.93. The number of imidazole rings is 1. The molecule has 3 N–H and O–H groups in total. The van der Waals surface area contributed by atoms with Gasteiger partial charge in [0.05, 0.1) is 0 Å². The predicted octanol–water partition coefficient (Wildman–Crippen LogP) is 0.382. The number of hydrogen-bond acceptors (Lipinski definition) is 4. The van der Waals surface area contributed by atoms with E-state index in [1.807, 2.05) is 12.1 Å². The molecule has 0 aliphatic rings. The van der Waals surface area contributed by atoms with Crippen LogP contribution in [0.5, 0.6) is 0 Å². The molecule has 0 atom stereocenters. The van der Waals surface area contributed by atoms with Crippen LogP contribution in [0.2, 0.25) is 0 Å². The molecular formula is C10H11BN2O2S. The van der Waals surface area contributed by atoms with E-state index in [0.29, 0.717) is 5.46 Å². The Hall–Kier alpha value is -1.24. The van der Waals surface area contributed by atoms with Crippen molar-refractivity contribution < 1.29 is 10.0 Å². The van der Waals surface area contributed by atoms with E-state index in [2.05, 4.69) is 9.97 Å². The standard InChI is InChI=1S/C10H11BN2O2S/c14-11(15)9-3-1-8(2-4-9)7-16-10-12-5-6-13-10/h1-6,14-15H,7H2,(H,12,13). The molecular weight excluding hydrogens is 223 g/mol. The molecule has 0 saturated carbocycles. The second kappa shape index (κ2) is 5.20. The molecule has 16 heavy (non-hydrogen) atoms. The number of nitrogens with zero attached hydrogens (tertiary/aromatic N) is 1. The Morgan fingerprint density at radius 2 is 2.00 bits per heavy atom. The molecule has 0 bridgehead atoms. The van der Waals surface area contributed by atoms with Crippen LogP contribution in [0.4, 0.5) is 0 Å². The summed E-state index contributed by atoms with van der Waals surface area (Å²) in [5.74, 6) is 0.801. The summed E-state index contributed by atoms with van der Waals surface area (Å²) in [6.45, 7) is 0. The average Bonchev–Trinajstić information content (AvgIpc) is 2.80. The first-order valence-electron chi connectivity index (χ1n) is 4.83. The van der Waals surface area contributed by atoms with Crippen LogP contribution in [0.1, 0.15) is 5.56 Å². The monoisotopic (exact) mass is 234 g/mol. The van der Waals surface area contributed by atoms with Crippen molar-refractivity contribution in [3.05, 3.63) is 42.2 Å². The van der Waals surface area contributed by atoms with Crippen LogP contribution in [0, 0.1) is 0 Å². The minimum Gasteiger partial charge on any atom is -0.423 e. The summed E-state index contributed by atoms with van der Waals surface area (Å²) in [5, 5.41) is 18.7. The highest BCUT2D eigenvalue weighted by Crippen LogP contribution is 2.17. The molecule has 2 aromatic rings. The molecule has 82 valence electrons. The van der Waals surface area contributed by atoms with Gasteiger partial charge in [-0.05, 0) is 11.0 Å². The highest BCUT2D eigenvalue weighted by atomic mass is 32.2. The SMILES string of the molecule is OB(O)c1ccc(CSc2ncc[nH]2)cc1. The molecule has 1 aromatic heterocycles. The molecule has 1 aromatic carbocycles. The van der Waals surface area contributed by atoms with Crippen LogP contribution in [0.15, 0.2) is 41.8 Å². The third-order valence-corrected chi connectivity index (χ3v) is 3.10. The lowest BCUT2D eigenvalue weighted by molar-refractivity contribution is 0.426. The molecule has 1 heterocycles. The third kappa shape index (κ3) is 2.88. The van der Waals surface area contributed by atoms with E-state index in [1.54, 1.807) is 36.3 Å². The number of benzene rings is 1.